The first kappa shape index (κ1) is 22.2. The molecule has 0 atom stereocenters. The molecule has 172 valence electrons. The predicted molar refractivity (Wildman–Crippen MR) is 136 cm³/mol. The van der Waals surface area contributed by atoms with Gasteiger partial charge in [-0.25, -0.2) is 5.43 Å². The van der Waals surface area contributed by atoms with Crippen LogP contribution < -0.4 is 15.6 Å². The van der Waals surface area contributed by atoms with Crippen molar-refractivity contribution >= 4 is 52.9 Å². The fraction of sp³-hybridized carbons (Fsp3) is 0.167. The van der Waals surface area contributed by atoms with Gasteiger partial charge in [0.15, 0.2) is 0 Å². The van der Waals surface area contributed by atoms with Crippen molar-refractivity contribution < 1.29 is 4.42 Å². The number of hydrogen-bond acceptors (Lipinski definition) is 8. The first-order chi connectivity index (χ1) is 16.6. The second-order valence-electron chi connectivity index (χ2n) is 7.66. The highest BCUT2D eigenvalue weighted by atomic mass is 35.5. The number of furan rings is 1. The van der Waals surface area contributed by atoms with E-state index in [9.17, 15) is 0 Å². The topological polar surface area (TPSA) is 91.5 Å². The molecule has 0 saturated carbocycles. The summed E-state index contributed by atoms with van der Waals surface area (Å²) in [6.45, 7) is 1.83. The highest BCUT2D eigenvalue weighted by Crippen LogP contribution is 2.31. The second kappa shape index (κ2) is 10.1. The number of aromatic nitrogens is 3. The smallest absolute Gasteiger partial charge is 0.250 e. The number of nitrogens with one attached hydrogen (secondary N) is 2. The standard InChI is InChI=1S/C24H21Cl2N7O/c25-16-8-10-20(26)19(14-16)21-11-9-18(34-21)15-27-32-23-29-22(28-17-6-2-1-3-7-17)30-24(31-23)33-12-4-5-13-33/h1-3,6-11,14-15H,4-5,12-13H2,(H2,28,29,30,31,32)/b27-15+. The van der Waals surface area contributed by atoms with E-state index < -0.39 is 0 Å². The Morgan fingerprint density at radius 2 is 1.71 bits per heavy atom. The number of anilines is 4. The number of benzene rings is 2. The Labute approximate surface area is 206 Å². The molecule has 1 saturated heterocycles. The quantitative estimate of drug-likeness (QED) is 0.233. The van der Waals surface area contributed by atoms with E-state index in [2.05, 4.69) is 35.7 Å². The molecule has 1 fully saturated rings. The molecule has 0 bridgehead atoms. The van der Waals surface area contributed by atoms with Crippen LogP contribution in [0.4, 0.5) is 23.5 Å². The van der Waals surface area contributed by atoms with Gasteiger partial charge in [0.25, 0.3) is 0 Å². The lowest BCUT2D eigenvalue weighted by Crippen LogP contribution is -2.21. The molecule has 10 heteroatoms. The predicted octanol–water partition coefficient (Wildman–Crippen LogP) is 6.23. The van der Waals surface area contributed by atoms with E-state index in [4.69, 9.17) is 27.6 Å². The molecule has 5 rings (SSSR count). The third-order valence-corrected chi connectivity index (χ3v) is 5.78. The number of hydrazone groups is 1. The van der Waals surface area contributed by atoms with E-state index in [1.807, 2.05) is 36.4 Å². The van der Waals surface area contributed by atoms with Crippen LogP contribution in [0, 0.1) is 0 Å². The molecular weight excluding hydrogens is 473 g/mol. The summed E-state index contributed by atoms with van der Waals surface area (Å²) in [4.78, 5) is 15.7. The number of rotatable bonds is 7. The van der Waals surface area contributed by atoms with E-state index in [1.165, 1.54) is 0 Å². The minimum Gasteiger partial charge on any atom is -0.455 e. The highest BCUT2D eigenvalue weighted by Gasteiger charge is 2.17. The average molecular weight is 494 g/mol. The maximum atomic E-state index is 6.27. The Kier molecular flexibility index (Phi) is 6.60. The Morgan fingerprint density at radius 1 is 0.912 bits per heavy atom. The van der Waals surface area contributed by atoms with Gasteiger partial charge in [-0.3, -0.25) is 0 Å². The largest absolute Gasteiger partial charge is 0.455 e. The van der Waals surface area contributed by atoms with E-state index >= 15 is 0 Å². The summed E-state index contributed by atoms with van der Waals surface area (Å²) in [5.41, 5.74) is 4.49. The van der Waals surface area contributed by atoms with Crippen molar-refractivity contribution in [3.8, 4) is 11.3 Å². The molecule has 2 N–H and O–H groups in total. The fourth-order valence-corrected chi connectivity index (χ4v) is 3.97. The molecule has 2 aromatic carbocycles. The van der Waals surface area contributed by atoms with E-state index in [-0.39, 0.29) is 0 Å². The van der Waals surface area contributed by atoms with Gasteiger partial charge in [0, 0.05) is 29.4 Å². The zero-order valence-corrected chi connectivity index (χ0v) is 19.6. The lowest BCUT2D eigenvalue weighted by Gasteiger charge is -2.16. The van der Waals surface area contributed by atoms with Crippen LogP contribution in [0.2, 0.25) is 10.0 Å². The van der Waals surface area contributed by atoms with Gasteiger partial charge < -0.3 is 14.6 Å². The number of para-hydroxylation sites is 1. The van der Waals surface area contributed by atoms with Gasteiger partial charge in [-0.05, 0) is 55.3 Å². The van der Waals surface area contributed by atoms with Crippen LogP contribution in [0.1, 0.15) is 18.6 Å². The molecule has 1 aliphatic rings. The van der Waals surface area contributed by atoms with Crippen LogP contribution in [-0.2, 0) is 0 Å². The zero-order valence-electron chi connectivity index (χ0n) is 18.1. The summed E-state index contributed by atoms with van der Waals surface area (Å²) in [6, 6.07) is 18.6. The van der Waals surface area contributed by atoms with Gasteiger partial charge in [-0.2, -0.15) is 20.1 Å². The molecule has 8 nitrogen and oxygen atoms in total. The van der Waals surface area contributed by atoms with E-state index in [0.29, 0.717) is 45.0 Å². The average Bonchev–Trinajstić information content (AvgIpc) is 3.54. The molecule has 0 radical (unpaired) electrons. The van der Waals surface area contributed by atoms with Crippen molar-refractivity contribution in [3.63, 3.8) is 0 Å². The number of hydrogen-bond donors (Lipinski definition) is 2. The molecule has 2 aromatic heterocycles. The number of nitrogens with zero attached hydrogens (tertiary/aromatic N) is 5. The normalized spacial score (nSPS) is 13.5. The van der Waals surface area contributed by atoms with Crippen LogP contribution in [0.25, 0.3) is 11.3 Å². The van der Waals surface area contributed by atoms with Gasteiger partial charge in [0.05, 0.1) is 11.2 Å². The first-order valence-electron chi connectivity index (χ1n) is 10.8. The van der Waals surface area contributed by atoms with Crippen LogP contribution in [0.15, 0.2) is 70.2 Å². The molecule has 3 heterocycles. The van der Waals surface area contributed by atoms with E-state index in [1.54, 1.807) is 30.5 Å². The van der Waals surface area contributed by atoms with Crippen LogP contribution in [0.5, 0.6) is 0 Å². The Morgan fingerprint density at radius 3 is 2.53 bits per heavy atom. The minimum atomic E-state index is 0.330. The summed E-state index contributed by atoms with van der Waals surface area (Å²) in [5, 5.41) is 8.61. The first-order valence-corrected chi connectivity index (χ1v) is 11.6. The monoisotopic (exact) mass is 493 g/mol. The molecule has 34 heavy (non-hydrogen) atoms. The molecule has 0 spiro atoms. The second-order valence-corrected chi connectivity index (χ2v) is 8.51. The van der Waals surface area contributed by atoms with E-state index in [0.717, 1.165) is 31.6 Å². The van der Waals surface area contributed by atoms with Crippen molar-refractivity contribution in [1.82, 2.24) is 15.0 Å². The van der Waals surface area contributed by atoms with Crippen LogP contribution in [-0.4, -0.2) is 34.3 Å². The van der Waals surface area contributed by atoms with Crippen LogP contribution in [0.3, 0.4) is 0 Å². The van der Waals surface area contributed by atoms with Crippen molar-refractivity contribution in [2.45, 2.75) is 12.8 Å². The summed E-state index contributed by atoms with van der Waals surface area (Å²) in [7, 11) is 0. The Bertz CT molecular complexity index is 1300. The molecule has 0 unspecified atom stereocenters. The molecule has 0 aliphatic carbocycles. The Balaban J connectivity index is 1.34. The lowest BCUT2D eigenvalue weighted by atomic mass is 10.2. The van der Waals surface area contributed by atoms with Crippen molar-refractivity contribution in [2.24, 2.45) is 5.10 Å². The Hall–Kier alpha value is -3.62. The lowest BCUT2D eigenvalue weighted by molar-refractivity contribution is 0.575. The van der Waals surface area contributed by atoms with Crippen molar-refractivity contribution in [1.29, 1.82) is 0 Å². The van der Waals surface area contributed by atoms with Gasteiger partial charge >= 0.3 is 0 Å². The minimum absolute atomic E-state index is 0.330. The SMILES string of the molecule is Clc1ccc(Cl)c(-c2ccc(/C=N/Nc3nc(Nc4ccccc4)nc(N4CCCC4)n3)o2)c1. The summed E-state index contributed by atoms with van der Waals surface area (Å²) in [5.74, 6) is 2.52. The summed E-state index contributed by atoms with van der Waals surface area (Å²) in [6.07, 6.45) is 3.78. The fourth-order valence-electron chi connectivity index (χ4n) is 3.59. The summed E-state index contributed by atoms with van der Waals surface area (Å²) < 4.78 is 5.85. The third-order valence-electron chi connectivity index (χ3n) is 5.22. The molecule has 1 aliphatic heterocycles. The van der Waals surface area contributed by atoms with Gasteiger partial charge in [0.1, 0.15) is 11.5 Å². The molecule has 0 amide bonds. The highest BCUT2D eigenvalue weighted by molar-refractivity contribution is 6.35. The zero-order chi connectivity index (χ0) is 23.3. The van der Waals surface area contributed by atoms with Crippen molar-refractivity contribution in [2.75, 3.05) is 28.7 Å². The summed E-state index contributed by atoms with van der Waals surface area (Å²) >= 11 is 12.4. The van der Waals surface area contributed by atoms with Crippen LogP contribution >= 0.6 is 23.2 Å². The van der Waals surface area contributed by atoms with Gasteiger partial charge in [0.2, 0.25) is 17.8 Å². The number of halogens is 2. The molecular formula is C24H21Cl2N7O. The maximum absolute atomic E-state index is 6.27. The van der Waals surface area contributed by atoms with Crippen molar-refractivity contribution in [3.05, 3.63) is 76.5 Å². The molecule has 4 aromatic rings. The van der Waals surface area contributed by atoms with Gasteiger partial charge in [-0.15, -0.1) is 0 Å². The van der Waals surface area contributed by atoms with Gasteiger partial charge in [-0.1, -0.05) is 41.4 Å². The third kappa shape index (κ3) is 5.30. The maximum Gasteiger partial charge on any atom is 0.250 e.